The molecule has 0 saturated carbocycles. The van der Waals surface area contributed by atoms with Crippen molar-refractivity contribution < 1.29 is 9.13 Å². The highest BCUT2D eigenvalue weighted by atomic mass is 32.1. The summed E-state index contributed by atoms with van der Waals surface area (Å²) in [6.07, 6.45) is 0. The maximum atomic E-state index is 12.9. The lowest BCUT2D eigenvalue weighted by Crippen LogP contribution is -1.93. The highest BCUT2D eigenvalue weighted by Crippen LogP contribution is 2.18. The number of halogens is 1. The summed E-state index contributed by atoms with van der Waals surface area (Å²) in [6, 6.07) is 8.05. The first kappa shape index (κ1) is 12.6. The van der Waals surface area contributed by atoms with E-state index >= 15 is 0 Å². The number of hydrogen-bond acceptors (Lipinski definition) is 3. The summed E-state index contributed by atoms with van der Waals surface area (Å²) in [5.41, 5.74) is 6.24. The maximum Gasteiger partial charge on any atom is 0.126 e. The van der Waals surface area contributed by atoms with E-state index in [4.69, 9.17) is 10.5 Å². The van der Waals surface area contributed by atoms with Crippen LogP contribution in [0.5, 0.6) is 5.75 Å². The predicted octanol–water partition coefficient (Wildman–Crippen LogP) is 2.78. The third-order valence-corrected chi connectivity index (χ3v) is 3.08. The van der Waals surface area contributed by atoms with Gasteiger partial charge in [-0.25, -0.2) is 4.39 Å². The fourth-order valence-corrected chi connectivity index (χ4v) is 2.11. The second-order valence-electron chi connectivity index (χ2n) is 3.55. The molecular weight excluding hydrogens is 249 g/mol. The number of hydrogen-bond donors (Lipinski definition) is 1. The van der Waals surface area contributed by atoms with Crippen molar-refractivity contribution in [2.24, 2.45) is 5.73 Å². The molecule has 18 heavy (non-hydrogen) atoms. The minimum atomic E-state index is -0.298. The Morgan fingerprint density at radius 2 is 2.22 bits per heavy atom. The van der Waals surface area contributed by atoms with E-state index in [0.717, 1.165) is 10.4 Å². The highest BCUT2D eigenvalue weighted by Gasteiger charge is 2.00. The fraction of sp³-hybridized carbons (Fsp3) is 0.143. The van der Waals surface area contributed by atoms with Gasteiger partial charge in [0.25, 0.3) is 0 Å². The number of benzene rings is 1. The number of thiophene rings is 1. The molecule has 0 atom stereocenters. The summed E-state index contributed by atoms with van der Waals surface area (Å²) in [4.78, 5) is 1.04. The topological polar surface area (TPSA) is 35.2 Å². The molecule has 0 aliphatic carbocycles. The summed E-state index contributed by atoms with van der Waals surface area (Å²) in [5.74, 6) is 5.97. The van der Waals surface area contributed by atoms with Crippen molar-refractivity contribution in [2.45, 2.75) is 6.61 Å². The summed E-state index contributed by atoms with van der Waals surface area (Å²) in [6.45, 7) is 0.767. The van der Waals surface area contributed by atoms with E-state index in [9.17, 15) is 4.39 Å². The molecule has 2 nitrogen and oxygen atoms in total. The van der Waals surface area contributed by atoms with Crippen molar-refractivity contribution in [3.8, 4) is 17.6 Å². The van der Waals surface area contributed by atoms with Gasteiger partial charge in [-0.3, -0.25) is 0 Å². The van der Waals surface area contributed by atoms with Gasteiger partial charge < -0.3 is 10.5 Å². The Hall–Kier alpha value is -1.83. The van der Waals surface area contributed by atoms with Crippen LogP contribution in [0.15, 0.2) is 35.7 Å². The summed E-state index contributed by atoms with van der Waals surface area (Å²) >= 11 is 1.56. The van der Waals surface area contributed by atoms with E-state index in [1.807, 2.05) is 11.4 Å². The molecule has 0 aliphatic rings. The smallest absolute Gasteiger partial charge is 0.126 e. The van der Waals surface area contributed by atoms with E-state index in [2.05, 4.69) is 11.8 Å². The van der Waals surface area contributed by atoms with Crippen LogP contribution in [0, 0.1) is 17.7 Å². The first-order valence-corrected chi connectivity index (χ1v) is 6.30. The van der Waals surface area contributed by atoms with Crippen molar-refractivity contribution in [3.05, 3.63) is 52.0 Å². The lowest BCUT2D eigenvalue weighted by Gasteiger charge is -2.03. The zero-order valence-electron chi connectivity index (χ0n) is 9.65. The minimum Gasteiger partial charge on any atom is -0.488 e. The lowest BCUT2D eigenvalue weighted by molar-refractivity contribution is 0.308. The first-order chi connectivity index (χ1) is 8.78. The van der Waals surface area contributed by atoms with Gasteiger partial charge in [-0.05, 0) is 18.2 Å². The van der Waals surface area contributed by atoms with Gasteiger partial charge in [-0.1, -0.05) is 17.9 Å². The molecule has 2 N–H and O–H groups in total. The Morgan fingerprint density at radius 3 is 3.00 bits per heavy atom. The molecular formula is C14H12FNOS. The van der Waals surface area contributed by atoms with Gasteiger partial charge in [0.15, 0.2) is 0 Å². The fourth-order valence-electron chi connectivity index (χ4n) is 1.39. The molecule has 0 amide bonds. The van der Waals surface area contributed by atoms with E-state index in [0.29, 0.717) is 18.9 Å². The Labute approximate surface area is 109 Å². The molecule has 0 saturated heterocycles. The quantitative estimate of drug-likeness (QED) is 0.862. The SMILES string of the molecule is NCC#Cc1csc(COc2cccc(F)c2)c1. The third-order valence-electron chi connectivity index (χ3n) is 2.17. The van der Waals surface area contributed by atoms with Gasteiger partial charge in [0.1, 0.15) is 18.2 Å². The maximum absolute atomic E-state index is 12.9. The number of rotatable bonds is 3. The normalized spacial score (nSPS) is 9.67. The molecule has 0 unspecified atom stereocenters. The zero-order chi connectivity index (χ0) is 12.8. The Kier molecular flexibility index (Phi) is 4.35. The first-order valence-electron chi connectivity index (χ1n) is 5.42. The molecule has 1 aromatic heterocycles. The molecule has 4 heteroatoms. The van der Waals surface area contributed by atoms with Crippen LogP contribution in [0.3, 0.4) is 0 Å². The largest absolute Gasteiger partial charge is 0.488 e. The summed E-state index contributed by atoms with van der Waals surface area (Å²) < 4.78 is 18.4. The Bertz CT molecular complexity index is 583. The molecule has 0 radical (unpaired) electrons. The van der Waals surface area contributed by atoms with E-state index < -0.39 is 0 Å². The second kappa shape index (κ2) is 6.20. The zero-order valence-corrected chi connectivity index (χ0v) is 10.5. The molecule has 2 aromatic rings. The molecule has 0 bridgehead atoms. The summed E-state index contributed by atoms with van der Waals surface area (Å²) in [7, 11) is 0. The van der Waals surface area contributed by atoms with Gasteiger partial charge in [-0.2, -0.15) is 0 Å². The predicted molar refractivity (Wildman–Crippen MR) is 71.0 cm³/mol. The Balaban J connectivity index is 1.96. The molecule has 1 heterocycles. The molecule has 1 aromatic carbocycles. The van der Waals surface area contributed by atoms with Gasteiger partial charge in [0, 0.05) is 21.9 Å². The highest BCUT2D eigenvalue weighted by molar-refractivity contribution is 7.10. The monoisotopic (exact) mass is 261 g/mol. The van der Waals surface area contributed by atoms with Crippen molar-refractivity contribution in [2.75, 3.05) is 6.54 Å². The lowest BCUT2D eigenvalue weighted by atomic mass is 10.3. The van der Waals surface area contributed by atoms with Crippen molar-refractivity contribution in [1.29, 1.82) is 0 Å². The molecule has 0 aliphatic heterocycles. The van der Waals surface area contributed by atoms with Crippen LogP contribution in [-0.4, -0.2) is 6.54 Å². The molecule has 92 valence electrons. The van der Waals surface area contributed by atoms with E-state index in [-0.39, 0.29) is 5.82 Å². The average molecular weight is 261 g/mol. The van der Waals surface area contributed by atoms with E-state index in [1.54, 1.807) is 23.5 Å². The summed E-state index contributed by atoms with van der Waals surface area (Å²) in [5, 5.41) is 1.95. The molecule has 0 spiro atoms. The van der Waals surface area contributed by atoms with Crippen molar-refractivity contribution in [1.82, 2.24) is 0 Å². The van der Waals surface area contributed by atoms with Crippen LogP contribution in [-0.2, 0) is 6.61 Å². The van der Waals surface area contributed by atoms with Crippen LogP contribution >= 0.6 is 11.3 Å². The van der Waals surface area contributed by atoms with E-state index in [1.165, 1.54) is 12.1 Å². The van der Waals surface area contributed by atoms with Gasteiger partial charge in [-0.15, -0.1) is 11.3 Å². The number of nitrogens with two attached hydrogens (primary N) is 1. The standard InChI is InChI=1S/C14H12FNOS/c15-12-4-1-5-13(8-12)17-9-14-7-11(10-18-14)3-2-6-16/h1,4-5,7-8,10H,6,9,16H2. The van der Waals surface area contributed by atoms with Crippen LogP contribution < -0.4 is 10.5 Å². The van der Waals surface area contributed by atoms with Gasteiger partial charge in [0.05, 0.1) is 6.54 Å². The molecule has 2 rings (SSSR count). The minimum absolute atomic E-state index is 0.298. The van der Waals surface area contributed by atoms with Crippen LogP contribution in [0.25, 0.3) is 0 Å². The van der Waals surface area contributed by atoms with Gasteiger partial charge >= 0.3 is 0 Å². The van der Waals surface area contributed by atoms with Crippen molar-refractivity contribution >= 4 is 11.3 Å². The number of ether oxygens (including phenoxy) is 1. The molecule has 0 fully saturated rings. The Morgan fingerprint density at radius 1 is 1.33 bits per heavy atom. The van der Waals surface area contributed by atoms with Crippen LogP contribution in [0.4, 0.5) is 4.39 Å². The van der Waals surface area contributed by atoms with Gasteiger partial charge in [0.2, 0.25) is 0 Å². The third kappa shape index (κ3) is 3.59. The van der Waals surface area contributed by atoms with Crippen LogP contribution in [0.1, 0.15) is 10.4 Å². The second-order valence-corrected chi connectivity index (χ2v) is 4.55. The van der Waals surface area contributed by atoms with Crippen molar-refractivity contribution in [3.63, 3.8) is 0 Å². The van der Waals surface area contributed by atoms with Crippen LogP contribution in [0.2, 0.25) is 0 Å². The average Bonchev–Trinajstić information content (AvgIpc) is 2.82.